The van der Waals surface area contributed by atoms with Gasteiger partial charge in [-0.15, -0.1) is 0 Å². The third kappa shape index (κ3) is 3.93. The lowest BCUT2D eigenvalue weighted by atomic mass is 10.1. The van der Waals surface area contributed by atoms with E-state index in [0.29, 0.717) is 19.0 Å². The first-order chi connectivity index (χ1) is 10.9. The minimum absolute atomic E-state index is 0.0965. The molecule has 1 aliphatic rings. The molecule has 0 unspecified atom stereocenters. The number of nitrogens with zero attached hydrogens (tertiary/aromatic N) is 2. The largest absolute Gasteiger partial charge is 0.473 e. The smallest absolute Gasteiger partial charge is 0.410 e. The Balaban J connectivity index is 1.56. The van der Waals surface area contributed by atoms with E-state index >= 15 is 0 Å². The van der Waals surface area contributed by atoms with E-state index in [0.717, 1.165) is 22.9 Å². The van der Waals surface area contributed by atoms with Crippen molar-refractivity contribution >= 4 is 27.7 Å². The van der Waals surface area contributed by atoms with E-state index in [-0.39, 0.29) is 12.2 Å². The van der Waals surface area contributed by atoms with E-state index in [2.05, 4.69) is 4.37 Å². The highest BCUT2D eigenvalue weighted by molar-refractivity contribution is 7.13. The molecule has 1 amide bonds. The minimum Gasteiger partial charge on any atom is -0.473 e. The van der Waals surface area contributed by atoms with Crippen LogP contribution in [0.3, 0.4) is 0 Å². The molecule has 0 N–H and O–H groups in total. The summed E-state index contributed by atoms with van der Waals surface area (Å²) < 4.78 is 17.0. The SMILES string of the molecule is CC(C)(C)OC(=O)N1CCC(Oc2nsc3ccccc23)CC1. The molecule has 2 aromatic rings. The second-order valence-electron chi connectivity index (χ2n) is 6.77. The first-order valence-corrected chi connectivity index (χ1v) is 8.69. The number of aromatic nitrogens is 1. The number of piperidine rings is 1. The maximum Gasteiger partial charge on any atom is 0.410 e. The molecule has 0 atom stereocenters. The molecule has 1 aliphatic heterocycles. The Bertz CT molecular complexity index is 684. The summed E-state index contributed by atoms with van der Waals surface area (Å²) in [4.78, 5) is 13.8. The predicted molar refractivity (Wildman–Crippen MR) is 91.1 cm³/mol. The quantitative estimate of drug-likeness (QED) is 0.830. The Morgan fingerprint density at radius 2 is 1.96 bits per heavy atom. The van der Waals surface area contributed by atoms with Crippen molar-refractivity contribution in [1.82, 2.24) is 9.27 Å². The molecule has 1 saturated heterocycles. The molecule has 0 radical (unpaired) electrons. The molecule has 5 nitrogen and oxygen atoms in total. The van der Waals surface area contributed by atoms with Gasteiger partial charge in [-0.05, 0) is 44.4 Å². The number of likely N-dealkylation sites (tertiary alicyclic amines) is 1. The van der Waals surface area contributed by atoms with Crippen molar-refractivity contribution in [3.05, 3.63) is 24.3 Å². The lowest BCUT2D eigenvalue weighted by molar-refractivity contribution is 0.0125. The molecule has 3 rings (SSSR count). The molecule has 124 valence electrons. The summed E-state index contributed by atoms with van der Waals surface area (Å²) in [6.45, 7) is 6.96. The standard InChI is InChI=1S/C17H22N2O3S/c1-17(2,3)22-16(20)19-10-8-12(9-11-19)21-15-13-6-4-5-7-14(13)23-18-15/h4-7,12H,8-11H2,1-3H3. The summed E-state index contributed by atoms with van der Waals surface area (Å²) in [6.07, 6.45) is 1.45. The molecule has 0 spiro atoms. The first-order valence-electron chi connectivity index (χ1n) is 7.91. The van der Waals surface area contributed by atoms with Gasteiger partial charge in [-0.2, -0.15) is 4.37 Å². The molecule has 2 heterocycles. The Labute approximate surface area is 140 Å². The maximum absolute atomic E-state index is 12.1. The summed E-state index contributed by atoms with van der Waals surface area (Å²) >= 11 is 1.45. The highest BCUT2D eigenvalue weighted by atomic mass is 32.1. The molecule has 23 heavy (non-hydrogen) atoms. The first kappa shape index (κ1) is 16.1. The number of benzene rings is 1. The number of carbonyl (C=O) groups excluding carboxylic acids is 1. The van der Waals surface area contributed by atoms with Gasteiger partial charge >= 0.3 is 6.09 Å². The van der Waals surface area contributed by atoms with Gasteiger partial charge < -0.3 is 14.4 Å². The lowest BCUT2D eigenvalue weighted by Crippen LogP contribution is -2.44. The zero-order valence-corrected chi connectivity index (χ0v) is 14.6. The van der Waals surface area contributed by atoms with Crippen LogP contribution >= 0.6 is 11.5 Å². The van der Waals surface area contributed by atoms with Crippen LogP contribution in [0.2, 0.25) is 0 Å². The Morgan fingerprint density at radius 1 is 1.26 bits per heavy atom. The summed E-state index contributed by atoms with van der Waals surface area (Å²) in [5.41, 5.74) is -0.454. The van der Waals surface area contributed by atoms with E-state index in [9.17, 15) is 4.79 Å². The van der Waals surface area contributed by atoms with Crippen LogP contribution in [0.1, 0.15) is 33.6 Å². The third-order valence-electron chi connectivity index (χ3n) is 3.72. The molecule has 1 aromatic carbocycles. The zero-order valence-electron chi connectivity index (χ0n) is 13.7. The normalized spacial score (nSPS) is 16.6. The number of ether oxygens (including phenoxy) is 2. The van der Waals surface area contributed by atoms with Crippen molar-refractivity contribution in [2.45, 2.75) is 45.3 Å². The van der Waals surface area contributed by atoms with Crippen LogP contribution < -0.4 is 4.74 Å². The van der Waals surface area contributed by atoms with E-state index < -0.39 is 5.60 Å². The van der Waals surface area contributed by atoms with E-state index in [4.69, 9.17) is 9.47 Å². The fourth-order valence-corrected chi connectivity index (χ4v) is 3.30. The fourth-order valence-electron chi connectivity index (χ4n) is 2.59. The monoisotopic (exact) mass is 334 g/mol. The van der Waals surface area contributed by atoms with Crippen LogP contribution in [-0.4, -0.2) is 40.2 Å². The van der Waals surface area contributed by atoms with Gasteiger partial charge in [0.05, 0.1) is 10.1 Å². The van der Waals surface area contributed by atoms with Crippen molar-refractivity contribution in [2.24, 2.45) is 0 Å². The number of rotatable bonds is 2. The van der Waals surface area contributed by atoms with Crippen molar-refractivity contribution in [3.63, 3.8) is 0 Å². The highest BCUT2D eigenvalue weighted by Gasteiger charge is 2.28. The van der Waals surface area contributed by atoms with Gasteiger partial charge in [-0.1, -0.05) is 12.1 Å². The van der Waals surface area contributed by atoms with Crippen LogP contribution in [0.4, 0.5) is 4.79 Å². The second-order valence-corrected chi connectivity index (χ2v) is 7.57. The molecule has 0 saturated carbocycles. The van der Waals surface area contributed by atoms with Crippen LogP contribution in [0, 0.1) is 0 Å². The number of hydrogen-bond donors (Lipinski definition) is 0. The van der Waals surface area contributed by atoms with Crippen molar-refractivity contribution in [2.75, 3.05) is 13.1 Å². The third-order valence-corrected chi connectivity index (χ3v) is 4.53. The molecule has 1 fully saturated rings. The van der Waals surface area contributed by atoms with Gasteiger partial charge in [0.1, 0.15) is 11.7 Å². The minimum atomic E-state index is -0.454. The van der Waals surface area contributed by atoms with Crippen molar-refractivity contribution in [1.29, 1.82) is 0 Å². The van der Waals surface area contributed by atoms with Crippen molar-refractivity contribution < 1.29 is 14.3 Å². The van der Waals surface area contributed by atoms with Crippen LogP contribution in [0.5, 0.6) is 5.88 Å². The average Bonchev–Trinajstić information content (AvgIpc) is 2.90. The van der Waals surface area contributed by atoms with E-state index in [1.165, 1.54) is 11.5 Å². The van der Waals surface area contributed by atoms with Crippen molar-refractivity contribution in [3.8, 4) is 5.88 Å². The van der Waals surface area contributed by atoms with Gasteiger partial charge in [0.25, 0.3) is 0 Å². The zero-order chi connectivity index (χ0) is 16.4. The van der Waals surface area contributed by atoms with Gasteiger partial charge in [0, 0.05) is 25.9 Å². The summed E-state index contributed by atoms with van der Waals surface area (Å²) in [7, 11) is 0. The second kappa shape index (κ2) is 6.35. The average molecular weight is 334 g/mol. The van der Waals surface area contributed by atoms with Gasteiger partial charge in [-0.3, -0.25) is 0 Å². The summed E-state index contributed by atoms with van der Waals surface area (Å²) in [6, 6.07) is 8.08. The molecule has 0 bridgehead atoms. The fraction of sp³-hybridized carbons (Fsp3) is 0.529. The molecular weight excluding hydrogens is 312 g/mol. The van der Waals surface area contributed by atoms with Gasteiger partial charge in [0.2, 0.25) is 5.88 Å². The van der Waals surface area contributed by atoms with Crippen LogP contribution in [0.25, 0.3) is 10.1 Å². The number of fused-ring (bicyclic) bond motifs is 1. The Hall–Kier alpha value is -1.82. The number of hydrogen-bond acceptors (Lipinski definition) is 5. The Kier molecular flexibility index (Phi) is 4.43. The van der Waals surface area contributed by atoms with Gasteiger partial charge in [0.15, 0.2) is 0 Å². The summed E-state index contributed by atoms with van der Waals surface area (Å²) in [5.74, 6) is 0.710. The van der Waals surface area contributed by atoms with Gasteiger partial charge in [-0.25, -0.2) is 4.79 Å². The lowest BCUT2D eigenvalue weighted by Gasteiger charge is -2.33. The highest BCUT2D eigenvalue weighted by Crippen LogP contribution is 2.30. The topological polar surface area (TPSA) is 51.7 Å². The van der Waals surface area contributed by atoms with E-state index in [1.54, 1.807) is 4.90 Å². The maximum atomic E-state index is 12.1. The predicted octanol–water partition coefficient (Wildman–Crippen LogP) is 4.07. The van der Waals surface area contributed by atoms with E-state index in [1.807, 2.05) is 45.0 Å². The molecule has 6 heteroatoms. The number of amides is 1. The van der Waals surface area contributed by atoms with Crippen LogP contribution in [-0.2, 0) is 4.74 Å². The Morgan fingerprint density at radius 3 is 2.65 bits per heavy atom. The molecular formula is C17H22N2O3S. The van der Waals surface area contributed by atoms with Crippen LogP contribution in [0.15, 0.2) is 24.3 Å². The molecule has 0 aliphatic carbocycles. The number of carbonyl (C=O) groups is 1. The molecule has 1 aromatic heterocycles. The summed E-state index contributed by atoms with van der Waals surface area (Å²) in [5, 5.41) is 1.06.